The quantitative estimate of drug-likeness (QED) is 0.768. The van der Waals surface area contributed by atoms with E-state index in [1.165, 1.54) is 12.1 Å². The van der Waals surface area contributed by atoms with E-state index in [0.29, 0.717) is 18.2 Å². The summed E-state index contributed by atoms with van der Waals surface area (Å²) in [5, 5.41) is 14.2. The fourth-order valence-electron chi connectivity index (χ4n) is 1.35. The van der Waals surface area contributed by atoms with Gasteiger partial charge in [-0.3, -0.25) is 0 Å². The summed E-state index contributed by atoms with van der Waals surface area (Å²) < 4.78 is 0. The summed E-state index contributed by atoms with van der Waals surface area (Å²) in [6, 6.07) is 4.30. The second-order valence-corrected chi connectivity index (χ2v) is 4.56. The maximum absolute atomic E-state index is 11.6. The van der Waals surface area contributed by atoms with Crippen molar-refractivity contribution in [2.75, 3.05) is 11.9 Å². The highest BCUT2D eigenvalue weighted by Crippen LogP contribution is 2.16. The lowest BCUT2D eigenvalue weighted by atomic mass is 10.1. The van der Waals surface area contributed by atoms with Crippen LogP contribution in [0.1, 0.15) is 29.8 Å². The largest absolute Gasteiger partial charge is 0.478 e. The van der Waals surface area contributed by atoms with Gasteiger partial charge in [-0.1, -0.05) is 19.9 Å². The van der Waals surface area contributed by atoms with E-state index in [9.17, 15) is 9.59 Å². The Morgan fingerprint density at radius 3 is 2.56 bits per heavy atom. The van der Waals surface area contributed by atoms with E-state index in [-0.39, 0.29) is 11.6 Å². The van der Waals surface area contributed by atoms with Crippen LogP contribution in [0.4, 0.5) is 10.5 Å². The van der Waals surface area contributed by atoms with Crippen molar-refractivity contribution in [3.05, 3.63) is 29.3 Å². The fourth-order valence-corrected chi connectivity index (χ4v) is 1.35. The summed E-state index contributed by atoms with van der Waals surface area (Å²) in [5.41, 5.74) is 1.48. The molecule has 0 aliphatic rings. The molecular formula is C13H18N2O3. The number of carbonyl (C=O) groups excluding carboxylic acids is 1. The molecule has 1 aromatic rings. The Morgan fingerprint density at radius 1 is 1.33 bits per heavy atom. The predicted octanol–water partition coefficient (Wildman–Crippen LogP) is 2.47. The monoisotopic (exact) mass is 250 g/mol. The number of urea groups is 1. The first kappa shape index (κ1) is 14.0. The lowest BCUT2D eigenvalue weighted by Gasteiger charge is -2.11. The summed E-state index contributed by atoms with van der Waals surface area (Å²) in [6.07, 6.45) is 0. The van der Waals surface area contributed by atoms with Crippen molar-refractivity contribution in [1.29, 1.82) is 0 Å². The molecule has 0 unspecified atom stereocenters. The number of amides is 2. The number of carbonyl (C=O) groups is 2. The van der Waals surface area contributed by atoms with Gasteiger partial charge in [-0.15, -0.1) is 0 Å². The van der Waals surface area contributed by atoms with Gasteiger partial charge in [0.2, 0.25) is 0 Å². The molecule has 0 aliphatic carbocycles. The first-order valence-corrected chi connectivity index (χ1v) is 5.79. The molecule has 0 fully saturated rings. The minimum Gasteiger partial charge on any atom is -0.478 e. The van der Waals surface area contributed by atoms with Crippen molar-refractivity contribution in [3.63, 3.8) is 0 Å². The van der Waals surface area contributed by atoms with Gasteiger partial charge in [0.05, 0.1) is 5.56 Å². The number of aromatic carboxylic acids is 1. The van der Waals surface area contributed by atoms with E-state index in [1.807, 2.05) is 20.8 Å². The molecule has 0 radical (unpaired) electrons. The Bertz CT molecular complexity index is 456. The minimum atomic E-state index is -1.01. The number of anilines is 1. The van der Waals surface area contributed by atoms with Crippen LogP contribution in [0.25, 0.3) is 0 Å². The first-order chi connectivity index (χ1) is 8.40. The van der Waals surface area contributed by atoms with Gasteiger partial charge >= 0.3 is 12.0 Å². The van der Waals surface area contributed by atoms with Crippen LogP contribution in [0.3, 0.4) is 0 Å². The lowest BCUT2D eigenvalue weighted by molar-refractivity contribution is 0.0697. The zero-order valence-electron chi connectivity index (χ0n) is 10.8. The van der Waals surface area contributed by atoms with Gasteiger partial charge in [-0.05, 0) is 30.5 Å². The van der Waals surface area contributed by atoms with Crippen LogP contribution in [-0.4, -0.2) is 23.7 Å². The lowest BCUT2D eigenvalue weighted by Crippen LogP contribution is -2.31. The summed E-state index contributed by atoms with van der Waals surface area (Å²) in [4.78, 5) is 22.4. The molecule has 2 amide bonds. The van der Waals surface area contributed by atoms with Crippen LogP contribution in [0.2, 0.25) is 0 Å². The van der Waals surface area contributed by atoms with Gasteiger partial charge in [0.15, 0.2) is 0 Å². The van der Waals surface area contributed by atoms with Gasteiger partial charge in [0.25, 0.3) is 0 Å². The smallest absolute Gasteiger partial charge is 0.335 e. The molecule has 0 bridgehead atoms. The zero-order valence-corrected chi connectivity index (χ0v) is 10.8. The van der Waals surface area contributed by atoms with Crippen molar-refractivity contribution >= 4 is 17.7 Å². The van der Waals surface area contributed by atoms with Gasteiger partial charge in [-0.25, -0.2) is 9.59 Å². The van der Waals surface area contributed by atoms with Crippen LogP contribution in [0.5, 0.6) is 0 Å². The molecule has 18 heavy (non-hydrogen) atoms. The Balaban J connectivity index is 2.74. The van der Waals surface area contributed by atoms with E-state index >= 15 is 0 Å². The van der Waals surface area contributed by atoms with Gasteiger partial charge < -0.3 is 15.7 Å². The molecule has 98 valence electrons. The number of hydrogen-bond donors (Lipinski definition) is 3. The molecule has 5 heteroatoms. The van der Waals surface area contributed by atoms with Crippen molar-refractivity contribution in [1.82, 2.24) is 5.32 Å². The van der Waals surface area contributed by atoms with Crippen LogP contribution in [0, 0.1) is 12.8 Å². The third-order valence-electron chi connectivity index (χ3n) is 2.40. The number of hydrogen-bond acceptors (Lipinski definition) is 2. The van der Waals surface area contributed by atoms with E-state index in [2.05, 4.69) is 10.6 Å². The second-order valence-electron chi connectivity index (χ2n) is 4.56. The molecule has 0 saturated heterocycles. The first-order valence-electron chi connectivity index (χ1n) is 5.79. The highest BCUT2D eigenvalue weighted by atomic mass is 16.4. The fraction of sp³-hybridized carbons (Fsp3) is 0.385. The van der Waals surface area contributed by atoms with Crippen LogP contribution in [0.15, 0.2) is 18.2 Å². The van der Waals surface area contributed by atoms with Crippen molar-refractivity contribution < 1.29 is 14.7 Å². The standard InChI is InChI=1S/C13H18N2O3/c1-8(2)7-14-13(18)15-11-6-10(12(16)17)5-4-9(11)3/h4-6,8H,7H2,1-3H3,(H,16,17)(H2,14,15,18). The Hall–Kier alpha value is -2.04. The molecule has 0 heterocycles. The van der Waals surface area contributed by atoms with E-state index in [1.54, 1.807) is 6.07 Å². The van der Waals surface area contributed by atoms with E-state index < -0.39 is 5.97 Å². The summed E-state index contributed by atoms with van der Waals surface area (Å²) in [7, 11) is 0. The van der Waals surface area contributed by atoms with Gasteiger partial charge in [0, 0.05) is 12.2 Å². The molecule has 1 aromatic carbocycles. The third-order valence-corrected chi connectivity index (χ3v) is 2.40. The van der Waals surface area contributed by atoms with E-state index in [4.69, 9.17) is 5.11 Å². The maximum atomic E-state index is 11.6. The SMILES string of the molecule is Cc1ccc(C(=O)O)cc1NC(=O)NCC(C)C. The number of carboxylic acids is 1. The molecule has 0 spiro atoms. The van der Waals surface area contributed by atoms with Crippen molar-refractivity contribution in [2.45, 2.75) is 20.8 Å². The van der Waals surface area contributed by atoms with Crippen molar-refractivity contribution in [2.24, 2.45) is 5.92 Å². The number of carboxylic acid groups (broad SMARTS) is 1. The summed E-state index contributed by atoms with van der Waals surface area (Å²) in [5.74, 6) is -0.650. The molecule has 0 saturated carbocycles. The molecule has 1 rings (SSSR count). The minimum absolute atomic E-state index is 0.153. The van der Waals surface area contributed by atoms with E-state index in [0.717, 1.165) is 5.56 Å². The summed E-state index contributed by atoms with van der Waals surface area (Å²) in [6.45, 7) is 6.38. The topological polar surface area (TPSA) is 78.4 Å². The number of rotatable bonds is 4. The normalized spacial score (nSPS) is 10.2. The summed E-state index contributed by atoms with van der Waals surface area (Å²) >= 11 is 0. The highest BCUT2D eigenvalue weighted by molar-refractivity contribution is 5.93. The molecule has 3 N–H and O–H groups in total. The Kier molecular flexibility index (Phi) is 4.71. The molecule has 5 nitrogen and oxygen atoms in total. The number of nitrogens with one attached hydrogen (secondary N) is 2. The van der Waals surface area contributed by atoms with Crippen molar-refractivity contribution in [3.8, 4) is 0 Å². The van der Waals surface area contributed by atoms with Crippen LogP contribution >= 0.6 is 0 Å². The average Bonchev–Trinajstić information content (AvgIpc) is 2.29. The maximum Gasteiger partial charge on any atom is 0.335 e. The van der Waals surface area contributed by atoms with Gasteiger partial charge in [-0.2, -0.15) is 0 Å². The number of benzene rings is 1. The number of aryl methyl sites for hydroxylation is 1. The Morgan fingerprint density at radius 2 is 2.00 bits per heavy atom. The molecular weight excluding hydrogens is 232 g/mol. The Labute approximate surface area is 106 Å². The highest BCUT2D eigenvalue weighted by Gasteiger charge is 2.08. The molecule has 0 atom stereocenters. The zero-order chi connectivity index (χ0) is 13.7. The van der Waals surface area contributed by atoms with Crippen LogP contribution in [-0.2, 0) is 0 Å². The molecule has 0 aliphatic heterocycles. The van der Waals surface area contributed by atoms with Crippen LogP contribution < -0.4 is 10.6 Å². The third kappa shape index (κ3) is 4.08. The predicted molar refractivity (Wildman–Crippen MR) is 70.0 cm³/mol. The van der Waals surface area contributed by atoms with Gasteiger partial charge in [0.1, 0.15) is 0 Å². The second kappa shape index (κ2) is 6.05. The molecule has 0 aromatic heterocycles. The average molecular weight is 250 g/mol.